The zero-order valence-corrected chi connectivity index (χ0v) is 14.8. The number of pyridine rings is 1. The van der Waals surface area contributed by atoms with Gasteiger partial charge in [-0.1, -0.05) is 42.5 Å². The number of methoxy groups -OCH3 is 1. The number of ether oxygens (including phenoxy) is 1. The van der Waals surface area contributed by atoms with Crippen molar-refractivity contribution in [3.63, 3.8) is 0 Å². The topological polar surface area (TPSA) is 80.3 Å². The normalized spacial score (nSPS) is 10.1. The summed E-state index contributed by atoms with van der Waals surface area (Å²) < 4.78 is 5.23. The molecule has 0 spiro atoms. The Labute approximate surface area is 157 Å². The van der Waals surface area contributed by atoms with Crippen molar-refractivity contribution in [3.05, 3.63) is 89.7 Å². The van der Waals surface area contributed by atoms with Gasteiger partial charge in [-0.05, 0) is 29.8 Å². The van der Waals surface area contributed by atoms with E-state index < -0.39 is 0 Å². The second-order valence-electron chi connectivity index (χ2n) is 5.75. The Hall–Kier alpha value is -3.67. The van der Waals surface area contributed by atoms with Gasteiger partial charge in [-0.3, -0.25) is 14.6 Å². The van der Waals surface area contributed by atoms with Gasteiger partial charge in [-0.2, -0.15) is 0 Å². The van der Waals surface area contributed by atoms with Crippen LogP contribution in [-0.2, 0) is 6.54 Å². The van der Waals surface area contributed by atoms with E-state index in [0.29, 0.717) is 23.5 Å². The third kappa shape index (κ3) is 4.70. The van der Waals surface area contributed by atoms with E-state index in [9.17, 15) is 9.59 Å². The van der Waals surface area contributed by atoms with Crippen LogP contribution in [0.25, 0.3) is 0 Å². The third-order valence-corrected chi connectivity index (χ3v) is 3.91. The van der Waals surface area contributed by atoms with E-state index in [1.54, 1.807) is 24.3 Å². The minimum Gasteiger partial charge on any atom is -0.495 e. The zero-order chi connectivity index (χ0) is 19.1. The van der Waals surface area contributed by atoms with Crippen LogP contribution in [0.2, 0.25) is 0 Å². The highest BCUT2D eigenvalue weighted by molar-refractivity contribution is 6.06. The summed E-state index contributed by atoms with van der Waals surface area (Å²) in [6, 6.07) is 19.7. The number of nitrogens with zero attached hydrogens (tertiary/aromatic N) is 1. The number of benzene rings is 2. The van der Waals surface area contributed by atoms with Gasteiger partial charge < -0.3 is 15.4 Å². The van der Waals surface area contributed by atoms with Crippen molar-refractivity contribution in [3.8, 4) is 5.75 Å². The fourth-order valence-corrected chi connectivity index (χ4v) is 2.51. The number of carbonyl (C=O) groups excluding carboxylic acids is 2. The van der Waals surface area contributed by atoms with Crippen LogP contribution in [0.1, 0.15) is 26.4 Å². The van der Waals surface area contributed by atoms with Crippen molar-refractivity contribution in [2.75, 3.05) is 12.4 Å². The van der Waals surface area contributed by atoms with Crippen LogP contribution in [0.4, 0.5) is 5.69 Å². The standard InChI is InChI=1S/C21H19N3O3/c1-27-19-10-6-5-9-17(19)24-20(25)16-11-12-22-18(13-16)21(26)23-14-15-7-3-2-4-8-15/h2-13H,14H2,1H3,(H,23,26)(H,24,25). The first kappa shape index (κ1) is 18.1. The lowest BCUT2D eigenvalue weighted by atomic mass is 10.2. The van der Waals surface area contributed by atoms with E-state index in [1.165, 1.54) is 19.4 Å². The maximum Gasteiger partial charge on any atom is 0.270 e. The van der Waals surface area contributed by atoms with Crippen molar-refractivity contribution in [1.29, 1.82) is 0 Å². The highest BCUT2D eigenvalue weighted by Gasteiger charge is 2.13. The molecule has 0 unspecified atom stereocenters. The quantitative estimate of drug-likeness (QED) is 0.706. The predicted molar refractivity (Wildman–Crippen MR) is 103 cm³/mol. The fourth-order valence-electron chi connectivity index (χ4n) is 2.51. The summed E-state index contributed by atoms with van der Waals surface area (Å²) in [4.78, 5) is 28.9. The molecule has 136 valence electrons. The Balaban J connectivity index is 1.69. The summed E-state index contributed by atoms with van der Waals surface area (Å²) in [6.07, 6.45) is 1.44. The second-order valence-corrected chi connectivity index (χ2v) is 5.75. The Morgan fingerprint density at radius 2 is 1.70 bits per heavy atom. The molecule has 3 aromatic rings. The number of anilines is 1. The number of nitrogens with one attached hydrogen (secondary N) is 2. The van der Waals surface area contributed by atoms with Crippen LogP contribution in [0, 0.1) is 0 Å². The highest BCUT2D eigenvalue weighted by atomic mass is 16.5. The summed E-state index contributed by atoms with van der Waals surface area (Å²) in [5.41, 5.74) is 2.05. The Morgan fingerprint density at radius 1 is 0.963 bits per heavy atom. The molecular formula is C21H19N3O3. The minimum absolute atomic E-state index is 0.179. The first-order valence-corrected chi connectivity index (χ1v) is 8.40. The largest absolute Gasteiger partial charge is 0.495 e. The number of amides is 2. The van der Waals surface area contributed by atoms with Crippen LogP contribution in [-0.4, -0.2) is 23.9 Å². The molecule has 1 aromatic heterocycles. The van der Waals surface area contributed by atoms with Gasteiger partial charge in [0, 0.05) is 18.3 Å². The smallest absolute Gasteiger partial charge is 0.270 e. The molecule has 0 aliphatic carbocycles. The van der Waals surface area contributed by atoms with Crippen LogP contribution in [0.5, 0.6) is 5.75 Å². The van der Waals surface area contributed by atoms with Crippen molar-refractivity contribution in [2.24, 2.45) is 0 Å². The lowest BCUT2D eigenvalue weighted by Gasteiger charge is -2.10. The van der Waals surface area contributed by atoms with Crippen LogP contribution < -0.4 is 15.4 Å². The van der Waals surface area contributed by atoms with Crippen LogP contribution in [0.3, 0.4) is 0 Å². The molecule has 0 bridgehead atoms. The van der Waals surface area contributed by atoms with Gasteiger partial charge in [0.25, 0.3) is 11.8 Å². The maximum absolute atomic E-state index is 12.5. The first-order chi connectivity index (χ1) is 13.2. The molecule has 1 heterocycles. The summed E-state index contributed by atoms with van der Waals surface area (Å²) >= 11 is 0. The first-order valence-electron chi connectivity index (χ1n) is 8.40. The Kier molecular flexibility index (Phi) is 5.79. The summed E-state index contributed by atoms with van der Waals surface area (Å²) in [5.74, 6) is -0.134. The van der Waals surface area contributed by atoms with Gasteiger partial charge in [0.05, 0.1) is 12.8 Å². The number of aromatic nitrogens is 1. The van der Waals surface area contributed by atoms with Gasteiger partial charge in [0.15, 0.2) is 0 Å². The molecule has 0 aliphatic rings. The van der Waals surface area contributed by atoms with Crippen molar-refractivity contribution in [1.82, 2.24) is 10.3 Å². The molecular weight excluding hydrogens is 342 g/mol. The van der Waals surface area contributed by atoms with Crippen molar-refractivity contribution >= 4 is 17.5 Å². The van der Waals surface area contributed by atoms with Gasteiger partial charge >= 0.3 is 0 Å². The molecule has 0 aliphatic heterocycles. The van der Waals surface area contributed by atoms with E-state index in [2.05, 4.69) is 15.6 Å². The molecule has 2 N–H and O–H groups in total. The van der Waals surface area contributed by atoms with E-state index >= 15 is 0 Å². The van der Waals surface area contributed by atoms with Crippen molar-refractivity contribution < 1.29 is 14.3 Å². The molecule has 3 rings (SSSR count). The molecule has 2 aromatic carbocycles. The fraction of sp³-hybridized carbons (Fsp3) is 0.0952. The van der Waals surface area contributed by atoms with Crippen LogP contribution >= 0.6 is 0 Å². The van der Waals surface area contributed by atoms with Gasteiger partial charge in [-0.15, -0.1) is 0 Å². The van der Waals surface area contributed by atoms with Gasteiger partial charge in [0.1, 0.15) is 11.4 Å². The number of carbonyl (C=O) groups is 2. The predicted octanol–water partition coefficient (Wildman–Crippen LogP) is 3.27. The highest BCUT2D eigenvalue weighted by Crippen LogP contribution is 2.23. The molecule has 2 amide bonds. The Morgan fingerprint density at radius 3 is 2.48 bits per heavy atom. The second kappa shape index (κ2) is 8.62. The lowest BCUT2D eigenvalue weighted by Crippen LogP contribution is -2.24. The average Bonchev–Trinajstić information content (AvgIpc) is 2.73. The van der Waals surface area contributed by atoms with Gasteiger partial charge in [0.2, 0.25) is 0 Å². The SMILES string of the molecule is COc1ccccc1NC(=O)c1ccnc(C(=O)NCc2ccccc2)c1. The summed E-state index contributed by atoms with van der Waals surface area (Å²) in [6.45, 7) is 0.388. The van der Waals surface area contributed by atoms with Crippen molar-refractivity contribution in [2.45, 2.75) is 6.54 Å². The minimum atomic E-state index is -0.348. The van der Waals surface area contributed by atoms with E-state index in [-0.39, 0.29) is 17.5 Å². The third-order valence-electron chi connectivity index (χ3n) is 3.91. The molecule has 6 heteroatoms. The molecule has 0 saturated heterocycles. The van der Waals surface area contributed by atoms with E-state index in [1.807, 2.05) is 36.4 Å². The Bertz CT molecular complexity index is 942. The average molecular weight is 361 g/mol. The molecule has 0 atom stereocenters. The molecule has 0 fully saturated rings. The number of hydrogen-bond donors (Lipinski definition) is 2. The number of para-hydroxylation sites is 2. The summed E-state index contributed by atoms with van der Waals surface area (Å²) in [7, 11) is 1.53. The van der Waals surface area contributed by atoms with Gasteiger partial charge in [-0.25, -0.2) is 0 Å². The van der Waals surface area contributed by atoms with Crippen LogP contribution in [0.15, 0.2) is 72.9 Å². The number of hydrogen-bond acceptors (Lipinski definition) is 4. The lowest BCUT2D eigenvalue weighted by molar-refractivity contribution is 0.0946. The number of rotatable bonds is 6. The zero-order valence-electron chi connectivity index (χ0n) is 14.8. The van der Waals surface area contributed by atoms with E-state index in [4.69, 9.17) is 4.74 Å². The van der Waals surface area contributed by atoms with E-state index in [0.717, 1.165) is 5.56 Å². The maximum atomic E-state index is 12.5. The summed E-state index contributed by atoms with van der Waals surface area (Å²) in [5, 5.41) is 5.57. The molecule has 0 saturated carbocycles. The molecule has 0 radical (unpaired) electrons. The molecule has 27 heavy (non-hydrogen) atoms. The monoisotopic (exact) mass is 361 g/mol. The molecule has 6 nitrogen and oxygen atoms in total.